The number of rotatable bonds is 4. The van der Waals surface area contributed by atoms with Gasteiger partial charge in [0.05, 0.1) is 12.6 Å². The summed E-state index contributed by atoms with van der Waals surface area (Å²) < 4.78 is 8.40. The van der Waals surface area contributed by atoms with Gasteiger partial charge in [0.1, 0.15) is 5.82 Å². The fourth-order valence-corrected chi connectivity index (χ4v) is 2.17. The van der Waals surface area contributed by atoms with Gasteiger partial charge in [-0.15, -0.1) is 0 Å². The molecular formula is C10H17N3OS. The maximum absolute atomic E-state index is 5.61. The van der Waals surface area contributed by atoms with Crippen LogP contribution < -0.4 is 0 Å². The van der Waals surface area contributed by atoms with Crippen LogP contribution in [0.3, 0.4) is 0 Å². The Morgan fingerprint density at radius 3 is 3.20 bits per heavy atom. The van der Waals surface area contributed by atoms with Crippen LogP contribution in [0.2, 0.25) is 0 Å². The first-order valence-corrected chi connectivity index (χ1v) is 5.97. The van der Waals surface area contributed by atoms with E-state index in [2.05, 4.69) is 21.7 Å². The van der Waals surface area contributed by atoms with E-state index in [1.54, 1.807) is 0 Å². The normalized spacial score (nSPS) is 21.0. The zero-order valence-electron chi connectivity index (χ0n) is 9.03. The Labute approximate surface area is 94.6 Å². The predicted octanol–water partition coefficient (Wildman–Crippen LogP) is 2.07. The van der Waals surface area contributed by atoms with Gasteiger partial charge in [-0.1, -0.05) is 6.92 Å². The molecule has 0 aliphatic carbocycles. The number of H-pyrrole nitrogens is 1. The lowest BCUT2D eigenvalue weighted by Crippen LogP contribution is -2.17. The van der Waals surface area contributed by atoms with Crippen LogP contribution in [0.25, 0.3) is 0 Å². The van der Waals surface area contributed by atoms with Crippen molar-refractivity contribution in [3.8, 4) is 0 Å². The van der Waals surface area contributed by atoms with Gasteiger partial charge in [-0.3, -0.25) is 5.10 Å². The van der Waals surface area contributed by atoms with E-state index in [-0.39, 0.29) is 0 Å². The molecule has 15 heavy (non-hydrogen) atoms. The number of hydrogen-bond acceptors (Lipinski definition) is 3. The molecule has 0 amide bonds. The molecule has 2 heterocycles. The van der Waals surface area contributed by atoms with Gasteiger partial charge in [0.25, 0.3) is 0 Å². The smallest absolute Gasteiger partial charge is 0.195 e. The maximum atomic E-state index is 5.61. The van der Waals surface area contributed by atoms with Crippen LogP contribution in [0, 0.1) is 4.77 Å². The summed E-state index contributed by atoms with van der Waals surface area (Å²) in [7, 11) is 0. The van der Waals surface area contributed by atoms with E-state index in [1.165, 1.54) is 6.42 Å². The van der Waals surface area contributed by atoms with E-state index in [0.29, 0.717) is 10.9 Å². The number of nitrogens with one attached hydrogen (secondary N) is 1. The average Bonchev–Trinajstić information content (AvgIpc) is 2.83. The second kappa shape index (κ2) is 4.90. The second-order valence-electron chi connectivity index (χ2n) is 3.94. The number of nitrogens with zero attached hydrogens (tertiary/aromatic N) is 2. The average molecular weight is 227 g/mol. The van der Waals surface area contributed by atoms with Gasteiger partial charge in [-0.25, -0.2) is 0 Å². The van der Waals surface area contributed by atoms with Crippen LogP contribution in [-0.4, -0.2) is 27.5 Å². The first-order chi connectivity index (χ1) is 7.31. The van der Waals surface area contributed by atoms with Crippen molar-refractivity contribution in [3.05, 3.63) is 10.6 Å². The highest BCUT2D eigenvalue weighted by atomic mass is 32.1. The Hall–Kier alpha value is -0.680. The maximum Gasteiger partial charge on any atom is 0.195 e. The third-order valence-corrected chi connectivity index (χ3v) is 3.03. The third kappa shape index (κ3) is 2.46. The lowest BCUT2D eigenvalue weighted by atomic mass is 10.2. The molecule has 0 unspecified atom stereocenters. The fraction of sp³-hybridized carbons (Fsp3) is 0.800. The topological polar surface area (TPSA) is 42.8 Å². The Morgan fingerprint density at radius 1 is 1.67 bits per heavy atom. The van der Waals surface area contributed by atoms with Crippen LogP contribution >= 0.6 is 12.2 Å². The molecule has 0 spiro atoms. The largest absolute Gasteiger partial charge is 0.376 e. The molecule has 2 rings (SSSR count). The van der Waals surface area contributed by atoms with E-state index in [4.69, 9.17) is 17.0 Å². The molecule has 1 saturated heterocycles. The summed E-state index contributed by atoms with van der Waals surface area (Å²) in [5.41, 5.74) is 0. The number of aromatic amines is 1. The van der Waals surface area contributed by atoms with E-state index in [9.17, 15) is 0 Å². The molecule has 1 aromatic rings. The molecule has 0 bridgehead atoms. The summed E-state index contributed by atoms with van der Waals surface area (Å²) in [6, 6.07) is 0. The highest BCUT2D eigenvalue weighted by molar-refractivity contribution is 7.71. The molecule has 1 fully saturated rings. The van der Waals surface area contributed by atoms with Crippen LogP contribution in [0.5, 0.6) is 0 Å². The molecule has 0 radical (unpaired) electrons. The molecule has 1 aromatic heterocycles. The monoisotopic (exact) mass is 227 g/mol. The van der Waals surface area contributed by atoms with E-state index in [0.717, 1.165) is 38.2 Å². The van der Waals surface area contributed by atoms with Crippen molar-refractivity contribution in [1.29, 1.82) is 0 Å². The lowest BCUT2D eigenvalue weighted by Gasteiger charge is -2.11. The molecule has 1 aliphatic heterocycles. The molecule has 0 saturated carbocycles. The molecule has 1 N–H and O–H groups in total. The minimum absolute atomic E-state index is 0.324. The van der Waals surface area contributed by atoms with Crippen LogP contribution in [0.1, 0.15) is 32.0 Å². The van der Waals surface area contributed by atoms with Crippen molar-refractivity contribution in [2.45, 2.75) is 45.3 Å². The van der Waals surface area contributed by atoms with Gasteiger partial charge in [-0.2, -0.15) is 5.10 Å². The molecule has 4 nitrogen and oxygen atoms in total. The summed E-state index contributed by atoms with van der Waals surface area (Å²) in [6.07, 6.45) is 4.69. The minimum Gasteiger partial charge on any atom is -0.376 e. The SMILES string of the molecule is CCCc1n[nH]c(=S)n1C[C@@H]1CCCO1. The molecular weight excluding hydrogens is 210 g/mol. The Bertz CT molecular complexity index is 365. The zero-order valence-corrected chi connectivity index (χ0v) is 9.85. The quantitative estimate of drug-likeness (QED) is 0.801. The highest BCUT2D eigenvalue weighted by Gasteiger charge is 2.18. The van der Waals surface area contributed by atoms with Gasteiger partial charge in [0.2, 0.25) is 0 Å². The third-order valence-electron chi connectivity index (χ3n) is 2.72. The van der Waals surface area contributed by atoms with E-state index >= 15 is 0 Å². The summed E-state index contributed by atoms with van der Waals surface area (Å²) in [5.74, 6) is 1.05. The molecule has 84 valence electrons. The number of aromatic nitrogens is 3. The van der Waals surface area contributed by atoms with Crippen molar-refractivity contribution in [2.75, 3.05) is 6.61 Å². The zero-order chi connectivity index (χ0) is 10.7. The molecule has 1 atom stereocenters. The number of aryl methyl sites for hydroxylation is 1. The fourth-order valence-electron chi connectivity index (χ4n) is 1.94. The number of ether oxygens (including phenoxy) is 1. The summed E-state index contributed by atoms with van der Waals surface area (Å²) in [4.78, 5) is 0. The minimum atomic E-state index is 0.324. The second-order valence-corrected chi connectivity index (χ2v) is 4.33. The summed E-state index contributed by atoms with van der Waals surface area (Å²) in [5, 5.41) is 7.09. The highest BCUT2D eigenvalue weighted by Crippen LogP contribution is 2.15. The van der Waals surface area contributed by atoms with Crippen LogP contribution in [0.4, 0.5) is 0 Å². The van der Waals surface area contributed by atoms with Crippen LogP contribution in [0.15, 0.2) is 0 Å². The lowest BCUT2D eigenvalue weighted by molar-refractivity contribution is 0.0959. The van der Waals surface area contributed by atoms with E-state index in [1.807, 2.05) is 0 Å². The first-order valence-electron chi connectivity index (χ1n) is 5.57. The van der Waals surface area contributed by atoms with Crippen molar-refractivity contribution >= 4 is 12.2 Å². The van der Waals surface area contributed by atoms with Crippen molar-refractivity contribution in [3.63, 3.8) is 0 Å². The van der Waals surface area contributed by atoms with Crippen molar-refractivity contribution < 1.29 is 4.74 Å². The van der Waals surface area contributed by atoms with Crippen molar-refractivity contribution in [1.82, 2.24) is 14.8 Å². The molecule has 0 aromatic carbocycles. The number of hydrogen-bond donors (Lipinski definition) is 1. The molecule has 5 heteroatoms. The first kappa shape index (κ1) is 10.8. The Morgan fingerprint density at radius 2 is 2.53 bits per heavy atom. The van der Waals surface area contributed by atoms with Gasteiger partial charge in [-0.05, 0) is 31.5 Å². The van der Waals surface area contributed by atoms with Gasteiger partial charge >= 0.3 is 0 Å². The van der Waals surface area contributed by atoms with Crippen molar-refractivity contribution in [2.24, 2.45) is 0 Å². The van der Waals surface area contributed by atoms with Gasteiger partial charge in [0.15, 0.2) is 4.77 Å². The summed E-state index contributed by atoms with van der Waals surface area (Å²) in [6.45, 7) is 3.89. The van der Waals surface area contributed by atoms with Gasteiger partial charge < -0.3 is 9.30 Å². The standard InChI is InChI=1S/C10H17N3OS/c1-2-4-9-11-12-10(15)13(9)7-8-5-3-6-14-8/h8H,2-7H2,1H3,(H,12,15)/t8-/m0/s1. The van der Waals surface area contributed by atoms with Crippen LogP contribution in [-0.2, 0) is 17.7 Å². The Balaban J connectivity index is 2.10. The van der Waals surface area contributed by atoms with Gasteiger partial charge in [0, 0.05) is 13.0 Å². The predicted molar refractivity (Wildman–Crippen MR) is 60.4 cm³/mol. The van der Waals surface area contributed by atoms with E-state index < -0.39 is 0 Å². The summed E-state index contributed by atoms with van der Waals surface area (Å²) >= 11 is 5.21. The molecule has 1 aliphatic rings. The Kier molecular flexibility index (Phi) is 3.53.